The van der Waals surface area contributed by atoms with Crippen molar-refractivity contribution < 1.29 is 49.5 Å². The minimum atomic E-state index is 0. The van der Waals surface area contributed by atoms with Crippen LogP contribution in [0.25, 0.3) is 0 Å². The molecule has 0 aromatic carbocycles. The van der Waals surface area contributed by atoms with E-state index in [9.17, 15) is 0 Å². The largest absolute Gasteiger partial charge is 1.00 e. The van der Waals surface area contributed by atoms with E-state index < -0.39 is 0 Å². The molecule has 12 heavy (non-hydrogen) atoms. The molecule has 0 amide bonds. The molecule has 0 saturated heterocycles. The quantitative estimate of drug-likeness (QED) is 0.412. The van der Waals surface area contributed by atoms with Crippen LogP contribution in [0.1, 0.15) is 27.7 Å². The third-order valence-electron chi connectivity index (χ3n) is 2.23. The van der Waals surface area contributed by atoms with Gasteiger partial charge in [0.1, 0.15) is 0 Å². The smallest absolute Gasteiger partial charge is 1.00 e. The standard InChI is InChI=1S/C8H12P.2ClH.Zr/c1-5-6(2)8(4)9-7(5)3;;;/h1-4H3;2*1H;/q;;;+2/p-2. The van der Waals surface area contributed by atoms with E-state index in [1.807, 2.05) is 0 Å². The molecular formula is C8H12Cl2PZr. The van der Waals surface area contributed by atoms with Gasteiger partial charge < -0.3 is 24.8 Å². The first-order valence-corrected chi connectivity index (χ1v) is 5.57. The van der Waals surface area contributed by atoms with Crippen molar-refractivity contribution in [3.63, 3.8) is 0 Å². The Labute approximate surface area is 104 Å². The summed E-state index contributed by atoms with van der Waals surface area (Å²) in [7, 11) is 1.54. The molecular weight excluding hydrogens is 289 g/mol. The monoisotopic (exact) mass is 299 g/mol. The summed E-state index contributed by atoms with van der Waals surface area (Å²) in [6, 6.07) is 0. The van der Waals surface area contributed by atoms with Crippen LogP contribution in [0.5, 0.6) is 0 Å². The molecule has 0 nitrogen and oxygen atoms in total. The molecule has 1 rings (SSSR count). The summed E-state index contributed by atoms with van der Waals surface area (Å²) in [5.41, 5.74) is 3.14. The minimum absolute atomic E-state index is 0. The Hall–Kier alpha value is 1.37. The maximum Gasteiger partial charge on any atom is -1.00 e. The van der Waals surface area contributed by atoms with E-state index in [0.717, 1.165) is 0 Å². The molecule has 0 aromatic rings. The van der Waals surface area contributed by atoms with Crippen LogP contribution in [0, 0.1) is 0 Å². The zero-order chi connectivity index (χ0) is 7.94. The SMILES string of the molecule is CC1=P[C](C)([Zr+2])C(C)=C1C.[Cl-].[Cl-]. The average Bonchev–Trinajstić information content (AvgIpc) is 1.95. The van der Waals surface area contributed by atoms with Crippen LogP contribution in [0.3, 0.4) is 0 Å². The molecule has 0 bridgehead atoms. The van der Waals surface area contributed by atoms with Gasteiger partial charge in [0.2, 0.25) is 0 Å². The molecule has 67 valence electrons. The van der Waals surface area contributed by atoms with Crippen LogP contribution < -0.4 is 24.8 Å². The van der Waals surface area contributed by atoms with Crippen LogP contribution in [0.15, 0.2) is 11.1 Å². The second-order valence-corrected chi connectivity index (χ2v) is 8.30. The molecule has 0 saturated carbocycles. The van der Waals surface area contributed by atoms with E-state index in [1.165, 1.54) is 8.20 Å². The summed E-state index contributed by atoms with van der Waals surface area (Å²) in [5.74, 6) is 0. The van der Waals surface area contributed by atoms with Gasteiger partial charge in [-0.3, -0.25) is 0 Å². The summed E-state index contributed by atoms with van der Waals surface area (Å²) in [4.78, 5) is 0. The van der Waals surface area contributed by atoms with Crippen LogP contribution in [0.4, 0.5) is 0 Å². The molecule has 0 spiro atoms. The molecule has 0 aromatic heterocycles. The molecule has 0 radical (unpaired) electrons. The Morgan fingerprint density at radius 2 is 1.58 bits per heavy atom. The third-order valence-corrected chi connectivity index (χ3v) is 5.43. The molecule has 0 fully saturated rings. The molecule has 0 N–H and O–H groups in total. The molecule has 1 atom stereocenters. The average molecular weight is 301 g/mol. The first kappa shape index (κ1) is 15.8. The van der Waals surface area contributed by atoms with E-state index >= 15 is 0 Å². The van der Waals surface area contributed by atoms with Crippen molar-refractivity contribution in [1.29, 1.82) is 0 Å². The van der Waals surface area contributed by atoms with Gasteiger partial charge in [-0.1, -0.05) is 0 Å². The van der Waals surface area contributed by atoms with Crippen molar-refractivity contribution in [2.75, 3.05) is 0 Å². The Bertz CT molecular complexity index is 231. The normalized spacial score (nSPS) is 29.0. The van der Waals surface area contributed by atoms with Gasteiger partial charge >= 0.3 is 79.9 Å². The van der Waals surface area contributed by atoms with Gasteiger partial charge in [0.05, 0.1) is 0 Å². The number of hydrogen-bond acceptors (Lipinski definition) is 0. The first-order chi connectivity index (χ1) is 4.45. The van der Waals surface area contributed by atoms with E-state index in [0.29, 0.717) is 2.86 Å². The van der Waals surface area contributed by atoms with E-state index in [1.54, 1.807) is 41.2 Å². The van der Waals surface area contributed by atoms with Crippen molar-refractivity contribution in [2.45, 2.75) is 30.6 Å². The van der Waals surface area contributed by atoms with Gasteiger partial charge in [0, 0.05) is 0 Å². The second kappa shape index (κ2) is 5.30. The fourth-order valence-corrected chi connectivity index (χ4v) is 4.18. The van der Waals surface area contributed by atoms with Gasteiger partial charge in [-0.15, -0.1) is 0 Å². The predicted molar refractivity (Wildman–Crippen MR) is 44.4 cm³/mol. The molecule has 1 aliphatic heterocycles. The number of allylic oxidation sites excluding steroid dienone is 2. The molecule has 1 heterocycles. The maximum atomic E-state index is 2.35. The summed E-state index contributed by atoms with van der Waals surface area (Å²) in [6.07, 6.45) is 0. The van der Waals surface area contributed by atoms with Crippen molar-refractivity contribution in [3.8, 4) is 0 Å². The summed E-state index contributed by atoms with van der Waals surface area (Å²) in [5, 5.41) is 1.57. The number of hydrogen-bond donors (Lipinski definition) is 0. The van der Waals surface area contributed by atoms with Crippen LogP contribution in [-0.2, 0) is 24.7 Å². The fourth-order valence-electron chi connectivity index (χ4n) is 1.14. The van der Waals surface area contributed by atoms with Crippen molar-refractivity contribution in [3.05, 3.63) is 11.1 Å². The molecule has 4 heteroatoms. The van der Waals surface area contributed by atoms with Crippen molar-refractivity contribution >= 4 is 13.5 Å². The molecule has 1 aliphatic rings. The minimum Gasteiger partial charge on any atom is -1.00 e. The van der Waals surface area contributed by atoms with Crippen LogP contribution >= 0.6 is 8.20 Å². The zero-order valence-corrected chi connectivity index (χ0v) is 12.6. The Morgan fingerprint density at radius 3 is 1.67 bits per heavy atom. The van der Waals surface area contributed by atoms with Gasteiger partial charge in [-0.05, 0) is 0 Å². The van der Waals surface area contributed by atoms with Crippen LogP contribution in [-0.4, -0.2) is 8.16 Å². The molecule has 1 unspecified atom stereocenters. The van der Waals surface area contributed by atoms with E-state index in [-0.39, 0.29) is 24.8 Å². The maximum absolute atomic E-state index is 2.35. The number of halogens is 2. The molecule has 0 aliphatic carbocycles. The predicted octanol–water partition coefficient (Wildman–Crippen LogP) is -3.25. The van der Waals surface area contributed by atoms with Gasteiger partial charge in [-0.2, -0.15) is 0 Å². The number of rotatable bonds is 0. The van der Waals surface area contributed by atoms with Crippen LogP contribution in [0.2, 0.25) is 0 Å². The fraction of sp³-hybridized carbons (Fsp3) is 0.625. The van der Waals surface area contributed by atoms with Crippen molar-refractivity contribution in [2.24, 2.45) is 0 Å². The summed E-state index contributed by atoms with van der Waals surface area (Å²) < 4.78 is 0.501. The van der Waals surface area contributed by atoms with Gasteiger partial charge in [-0.25, -0.2) is 0 Å². The van der Waals surface area contributed by atoms with Crippen molar-refractivity contribution in [1.82, 2.24) is 0 Å². The van der Waals surface area contributed by atoms with E-state index in [2.05, 4.69) is 27.7 Å². The van der Waals surface area contributed by atoms with E-state index in [4.69, 9.17) is 0 Å². The zero-order valence-electron chi connectivity index (χ0n) is 7.70. The Kier molecular flexibility index (Phi) is 6.99. The Balaban J connectivity index is 0. The summed E-state index contributed by atoms with van der Waals surface area (Å²) in [6.45, 7) is 9.11. The van der Waals surface area contributed by atoms with Gasteiger partial charge in [0.25, 0.3) is 0 Å². The first-order valence-electron chi connectivity index (χ1n) is 3.45. The van der Waals surface area contributed by atoms with Gasteiger partial charge in [0.15, 0.2) is 0 Å². The second-order valence-electron chi connectivity index (χ2n) is 3.02. The third kappa shape index (κ3) is 2.95. The summed E-state index contributed by atoms with van der Waals surface area (Å²) >= 11 is 1.64. The topological polar surface area (TPSA) is 0 Å². The Morgan fingerprint density at radius 1 is 1.17 bits per heavy atom.